The highest BCUT2D eigenvalue weighted by atomic mass is 79.9. The molecule has 1 aromatic carbocycles. The average molecular weight is 283 g/mol. The molecule has 0 unspecified atom stereocenters. The first-order valence-electron chi connectivity index (χ1n) is 4.60. The second-order valence-electron chi connectivity index (χ2n) is 3.17. The van der Waals surface area contributed by atoms with Crippen molar-refractivity contribution >= 4 is 21.9 Å². The van der Waals surface area contributed by atoms with Gasteiger partial charge in [-0.25, -0.2) is 0 Å². The van der Waals surface area contributed by atoms with Gasteiger partial charge in [-0.1, -0.05) is 15.9 Å². The van der Waals surface area contributed by atoms with Crippen molar-refractivity contribution < 1.29 is 9.53 Å². The third-order valence-corrected chi connectivity index (χ3v) is 2.86. The predicted octanol–water partition coefficient (Wildman–Crippen LogP) is 1.49. The van der Waals surface area contributed by atoms with Gasteiger partial charge in [-0.2, -0.15) is 5.26 Å². The van der Waals surface area contributed by atoms with E-state index in [0.717, 1.165) is 15.6 Å². The van der Waals surface area contributed by atoms with E-state index in [1.807, 2.05) is 0 Å². The van der Waals surface area contributed by atoms with Gasteiger partial charge in [-0.3, -0.25) is 4.79 Å². The Balaban J connectivity index is 3.12. The first kappa shape index (κ1) is 12.7. The third-order valence-electron chi connectivity index (χ3n) is 2.16. The van der Waals surface area contributed by atoms with Gasteiger partial charge in [-0.05, 0) is 23.3 Å². The van der Waals surface area contributed by atoms with Crippen LogP contribution in [0.2, 0.25) is 0 Å². The summed E-state index contributed by atoms with van der Waals surface area (Å²) in [7, 11) is 1.33. The molecule has 0 saturated heterocycles. The summed E-state index contributed by atoms with van der Waals surface area (Å²) in [5.41, 5.74) is 7.49. The molecule has 0 radical (unpaired) electrons. The third kappa shape index (κ3) is 2.81. The Labute approximate surface area is 102 Å². The number of hydrogen-bond donors (Lipinski definition) is 1. The van der Waals surface area contributed by atoms with Gasteiger partial charge in [0.2, 0.25) is 0 Å². The molecule has 16 heavy (non-hydrogen) atoms. The topological polar surface area (TPSA) is 76.1 Å². The van der Waals surface area contributed by atoms with Crippen LogP contribution in [0.1, 0.15) is 16.7 Å². The Morgan fingerprint density at radius 2 is 2.31 bits per heavy atom. The van der Waals surface area contributed by atoms with Crippen molar-refractivity contribution in [1.29, 1.82) is 5.26 Å². The number of rotatable bonds is 3. The van der Waals surface area contributed by atoms with Crippen LogP contribution in [0.4, 0.5) is 0 Å². The van der Waals surface area contributed by atoms with E-state index in [1.54, 1.807) is 12.1 Å². The number of esters is 1. The van der Waals surface area contributed by atoms with Crippen LogP contribution in [0.3, 0.4) is 0 Å². The second kappa shape index (κ2) is 5.64. The van der Waals surface area contributed by atoms with Crippen molar-refractivity contribution in [2.75, 3.05) is 7.11 Å². The van der Waals surface area contributed by atoms with E-state index in [4.69, 9.17) is 11.0 Å². The minimum atomic E-state index is -0.337. The van der Waals surface area contributed by atoms with Crippen molar-refractivity contribution in [2.45, 2.75) is 13.0 Å². The highest BCUT2D eigenvalue weighted by Crippen LogP contribution is 2.22. The van der Waals surface area contributed by atoms with Gasteiger partial charge in [0.05, 0.1) is 25.2 Å². The highest BCUT2D eigenvalue weighted by molar-refractivity contribution is 9.10. The van der Waals surface area contributed by atoms with Crippen molar-refractivity contribution in [3.8, 4) is 6.07 Å². The number of hydrogen-bond acceptors (Lipinski definition) is 4. The number of halogens is 1. The number of methoxy groups -OCH3 is 1. The monoisotopic (exact) mass is 282 g/mol. The summed E-state index contributed by atoms with van der Waals surface area (Å²) in [5, 5.41) is 8.95. The normalized spacial score (nSPS) is 9.62. The number of carbonyl (C=O) groups is 1. The zero-order valence-corrected chi connectivity index (χ0v) is 10.4. The highest BCUT2D eigenvalue weighted by Gasteiger charge is 2.10. The van der Waals surface area contributed by atoms with Crippen molar-refractivity contribution in [3.63, 3.8) is 0 Å². The Morgan fingerprint density at radius 1 is 1.62 bits per heavy atom. The molecular formula is C11H11BrN2O2. The molecule has 0 aliphatic heterocycles. The fraction of sp³-hybridized carbons (Fsp3) is 0.273. The molecule has 0 spiro atoms. The van der Waals surface area contributed by atoms with E-state index in [0.29, 0.717) is 5.56 Å². The zero-order chi connectivity index (χ0) is 12.1. The fourth-order valence-corrected chi connectivity index (χ4v) is 2.01. The lowest BCUT2D eigenvalue weighted by Gasteiger charge is -2.07. The average Bonchev–Trinajstić information content (AvgIpc) is 2.28. The molecule has 2 N–H and O–H groups in total. The van der Waals surface area contributed by atoms with Crippen LogP contribution >= 0.6 is 15.9 Å². The van der Waals surface area contributed by atoms with Crippen LogP contribution in [0, 0.1) is 11.3 Å². The Hall–Kier alpha value is -1.38. The van der Waals surface area contributed by atoms with Crippen molar-refractivity contribution in [2.24, 2.45) is 5.73 Å². The van der Waals surface area contributed by atoms with Crippen LogP contribution in [0.25, 0.3) is 0 Å². The van der Waals surface area contributed by atoms with Crippen LogP contribution in [-0.2, 0) is 22.5 Å². The molecular weight excluding hydrogens is 272 g/mol. The van der Waals surface area contributed by atoms with E-state index >= 15 is 0 Å². The van der Waals surface area contributed by atoms with E-state index in [2.05, 4.69) is 26.7 Å². The lowest BCUT2D eigenvalue weighted by molar-refractivity contribution is -0.139. The summed E-state index contributed by atoms with van der Waals surface area (Å²) >= 11 is 3.33. The van der Waals surface area contributed by atoms with Gasteiger partial charge in [0.1, 0.15) is 0 Å². The molecule has 0 atom stereocenters. The van der Waals surface area contributed by atoms with Gasteiger partial charge in [0.15, 0.2) is 0 Å². The number of benzene rings is 1. The molecule has 1 aromatic rings. The number of nitriles is 1. The van der Waals surface area contributed by atoms with Crippen molar-refractivity contribution in [3.05, 3.63) is 33.3 Å². The quantitative estimate of drug-likeness (QED) is 0.853. The summed E-state index contributed by atoms with van der Waals surface area (Å²) in [5.74, 6) is -0.337. The number of nitrogens with zero attached hydrogens (tertiary/aromatic N) is 1. The summed E-state index contributed by atoms with van der Waals surface area (Å²) in [6, 6.07) is 5.49. The van der Waals surface area contributed by atoms with Crippen LogP contribution in [0.15, 0.2) is 16.6 Å². The molecule has 5 heteroatoms. The smallest absolute Gasteiger partial charge is 0.309 e. The van der Waals surface area contributed by atoms with E-state index < -0.39 is 0 Å². The molecule has 0 aliphatic carbocycles. The number of carbonyl (C=O) groups excluding carboxylic acids is 1. The molecule has 84 valence electrons. The minimum absolute atomic E-state index is 0.147. The Bertz CT molecular complexity index is 452. The summed E-state index contributed by atoms with van der Waals surface area (Å²) in [4.78, 5) is 11.1. The minimum Gasteiger partial charge on any atom is -0.469 e. The van der Waals surface area contributed by atoms with E-state index in [9.17, 15) is 4.79 Å². The van der Waals surface area contributed by atoms with Gasteiger partial charge in [0, 0.05) is 11.0 Å². The largest absolute Gasteiger partial charge is 0.469 e. The maximum atomic E-state index is 11.1. The van der Waals surface area contributed by atoms with Crippen LogP contribution in [-0.4, -0.2) is 13.1 Å². The molecule has 0 heterocycles. The fourth-order valence-electron chi connectivity index (χ4n) is 1.34. The summed E-state index contributed by atoms with van der Waals surface area (Å²) in [6.45, 7) is 0.280. The lowest BCUT2D eigenvalue weighted by Crippen LogP contribution is -2.07. The van der Waals surface area contributed by atoms with Crippen LogP contribution in [0.5, 0.6) is 0 Å². The standard InChI is InChI=1S/C11H11BrN2O2/c1-16-11(15)4-7-2-8(5-13)9(6-14)10(12)3-7/h2-3H,4,6,14H2,1H3. The molecule has 0 amide bonds. The number of nitrogens with two attached hydrogens (primary N) is 1. The van der Waals surface area contributed by atoms with Gasteiger partial charge in [0.25, 0.3) is 0 Å². The predicted molar refractivity (Wildman–Crippen MR) is 62.5 cm³/mol. The van der Waals surface area contributed by atoms with Gasteiger partial charge < -0.3 is 10.5 Å². The Morgan fingerprint density at radius 3 is 2.81 bits per heavy atom. The molecule has 4 nitrogen and oxygen atoms in total. The first-order chi connectivity index (χ1) is 7.62. The van der Waals surface area contributed by atoms with Gasteiger partial charge in [-0.15, -0.1) is 0 Å². The number of ether oxygens (including phenoxy) is 1. The first-order valence-corrected chi connectivity index (χ1v) is 5.40. The molecule has 0 aromatic heterocycles. The Kier molecular flexibility index (Phi) is 4.47. The SMILES string of the molecule is COC(=O)Cc1cc(Br)c(CN)c(C#N)c1. The van der Waals surface area contributed by atoms with Crippen molar-refractivity contribution in [1.82, 2.24) is 0 Å². The summed E-state index contributed by atoms with van der Waals surface area (Å²) in [6.07, 6.45) is 0.147. The maximum absolute atomic E-state index is 11.1. The summed E-state index contributed by atoms with van der Waals surface area (Å²) < 4.78 is 5.31. The zero-order valence-electron chi connectivity index (χ0n) is 8.79. The van der Waals surface area contributed by atoms with Gasteiger partial charge >= 0.3 is 5.97 Å². The second-order valence-corrected chi connectivity index (χ2v) is 4.03. The van der Waals surface area contributed by atoms with E-state index in [-0.39, 0.29) is 18.9 Å². The molecule has 0 saturated carbocycles. The van der Waals surface area contributed by atoms with E-state index in [1.165, 1.54) is 7.11 Å². The van der Waals surface area contributed by atoms with Crippen LogP contribution < -0.4 is 5.73 Å². The molecule has 0 aliphatic rings. The molecule has 0 bridgehead atoms. The lowest BCUT2D eigenvalue weighted by atomic mass is 10.0. The maximum Gasteiger partial charge on any atom is 0.309 e. The molecule has 0 fully saturated rings. The molecule has 1 rings (SSSR count).